The highest BCUT2D eigenvalue weighted by atomic mass is 16.4. The lowest BCUT2D eigenvalue weighted by Crippen LogP contribution is -2.60. The average Bonchev–Trinajstić information content (AvgIpc) is 3.70. The largest absolute Gasteiger partial charge is 0.508 e. The molecule has 1 aliphatic heterocycles. The van der Waals surface area contributed by atoms with Gasteiger partial charge >= 0.3 is 12.0 Å². The first-order chi connectivity index (χ1) is 30.6. The summed E-state index contributed by atoms with van der Waals surface area (Å²) in [7, 11) is 1.44. The number of fused-ring (bicyclic) bond motifs is 1. The molecule has 17 nitrogen and oxygen atoms in total. The number of hydrogen-bond donors (Lipinski definition) is 9. The number of likely N-dealkylation sites (N-methyl/N-ethyl adjacent to an activating group) is 1. The molecule has 4 aromatic rings. The van der Waals surface area contributed by atoms with Crippen molar-refractivity contribution in [1.29, 1.82) is 0 Å². The van der Waals surface area contributed by atoms with E-state index in [2.05, 4.69) is 36.9 Å². The number of carbonyl (C=O) groups excluding carboxylic acids is 6. The number of urea groups is 1. The maximum Gasteiger partial charge on any atom is 0.326 e. The number of rotatable bonds is 12. The zero-order valence-corrected chi connectivity index (χ0v) is 36.7. The quantitative estimate of drug-likeness (QED) is 0.101. The molecule has 1 saturated heterocycles. The van der Waals surface area contributed by atoms with Gasteiger partial charge in [-0.15, -0.1) is 0 Å². The second-order valence-corrected chi connectivity index (χ2v) is 16.4. The van der Waals surface area contributed by atoms with Crippen molar-refractivity contribution in [3.63, 3.8) is 0 Å². The molecule has 7 atom stereocenters. The standard InChI is InChI=1S/C47H60N8O9/c1-5-28(2)40-44(60)50-37(23-20-30-18-21-33(56)22-19-30)45(61)55(4)29(3)41(57)51-38(25-31-13-7-6-8-14-31)42(58)48-24-12-11-17-36(43(59)54-40)52-47(64)53-39(46(62)63)26-32-27-49-35-16-10-9-15-34(32)35/h6-10,13-16,18-19,21-22,27-29,36-40,49,56H,5,11-12,17,20,23-26H2,1-4H3,(H,48,58)(H,50,60)(H,51,57)(H,54,59)(H,62,63)(H2,52,53,64)/t28-,29-,36+,37-,38-,39-,40-/m0/s1. The first kappa shape index (κ1) is 48.1. The van der Waals surface area contributed by atoms with E-state index in [1.165, 1.54) is 31.0 Å². The number of benzene rings is 3. The van der Waals surface area contributed by atoms with E-state index in [4.69, 9.17) is 0 Å². The second-order valence-electron chi connectivity index (χ2n) is 16.4. The van der Waals surface area contributed by atoms with Crippen LogP contribution in [0.25, 0.3) is 10.9 Å². The molecule has 0 spiro atoms. The first-order valence-corrected chi connectivity index (χ1v) is 21.8. The van der Waals surface area contributed by atoms with Gasteiger partial charge < -0.3 is 52.0 Å². The summed E-state index contributed by atoms with van der Waals surface area (Å²) in [5.74, 6) is -4.70. The van der Waals surface area contributed by atoms with Gasteiger partial charge in [-0.2, -0.15) is 0 Å². The number of carboxylic acid groups (broad SMARTS) is 1. The van der Waals surface area contributed by atoms with Gasteiger partial charge in [0, 0.05) is 43.5 Å². The third kappa shape index (κ3) is 13.3. The van der Waals surface area contributed by atoms with Gasteiger partial charge in [-0.1, -0.05) is 80.9 Å². The molecular formula is C47H60N8O9. The maximum absolute atomic E-state index is 14.3. The smallest absolute Gasteiger partial charge is 0.326 e. The number of nitrogens with one attached hydrogen (secondary N) is 7. The normalized spacial score (nSPS) is 21.8. The van der Waals surface area contributed by atoms with Crippen LogP contribution in [0, 0.1) is 5.92 Å². The summed E-state index contributed by atoms with van der Waals surface area (Å²) in [6, 6.07) is 14.9. The Labute approximate surface area is 372 Å². The molecule has 0 radical (unpaired) electrons. The summed E-state index contributed by atoms with van der Waals surface area (Å²) in [6.45, 7) is 5.28. The van der Waals surface area contributed by atoms with E-state index in [-0.39, 0.29) is 38.0 Å². The number of carbonyl (C=O) groups is 7. The highest BCUT2D eigenvalue weighted by molar-refractivity contribution is 5.96. The molecule has 2 heterocycles. The number of aromatic nitrogens is 1. The molecule has 9 N–H and O–H groups in total. The fourth-order valence-corrected chi connectivity index (χ4v) is 7.57. The fourth-order valence-electron chi connectivity index (χ4n) is 7.57. The van der Waals surface area contributed by atoms with Crippen LogP contribution in [0.4, 0.5) is 4.79 Å². The summed E-state index contributed by atoms with van der Waals surface area (Å²) < 4.78 is 0. The lowest BCUT2D eigenvalue weighted by molar-refractivity contribution is -0.142. The van der Waals surface area contributed by atoms with E-state index in [1.807, 2.05) is 61.5 Å². The number of carboxylic acids is 1. The second kappa shape index (κ2) is 23.0. The Hall–Kier alpha value is -6.91. The number of aromatic hydroxyl groups is 1. The van der Waals surface area contributed by atoms with Gasteiger partial charge in [-0.05, 0) is 79.8 Å². The van der Waals surface area contributed by atoms with Crippen molar-refractivity contribution in [2.75, 3.05) is 13.6 Å². The number of para-hydroxylation sites is 1. The predicted molar refractivity (Wildman–Crippen MR) is 240 cm³/mol. The van der Waals surface area contributed by atoms with Gasteiger partial charge in [0.2, 0.25) is 29.5 Å². The highest BCUT2D eigenvalue weighted by Gasteiger charge is 2.36. The van der Waals surface area contributed by atoms with Crippen LogP contribution in [0.15, 0.2) is 85.1 Å². The van der Waals surface area contributed by atoms with Crippen molar-refractivity contribution in [2.24, 2.45) is 5.92 Å². The van der Waals surface area contributed by atoms with Crippen LogP contribution in [0.3, 0.4) is 0 Å². The Morgan fingerprint density at radius 1 is 0.828 bits per heavy atom. The van der Waals surface area contributed by atoms with Crippen molar-refractivity contribution in [2.45, 2.75) is 108 Å². The number of aromatic amines is 1. The van der Waals surface area contributed by atoms with Crippen molar-refractivity contribution < 1.29 is 43.8 Å². The van der Waals surface area contributed by atoms with E-state index in [1.54, 1.807) is 25.3 Å². The van der Waals surface area contributed by atoms with Crippen LogP contribution in [0.2, 0.25) is 0 Å². The topological polar surface area (TPSA) is 251 Å². The summed E-state index contributed by atoms with van der Waals surface area (Å²) >= 11 is 0. The fraction of sp³-hybridized carbons (Fsp3) is 0.426. The Morgan fingerprint density at radius 2 is 1.52 bits per heavy atom. The highest BCUT2D eigenvalue weighted by Crippen LogP contribution is 2.20. The molecule has 17 heteroatoms. The summed E-state index contributed by atoms with van der Waals surface area (Å²) in [6.07, 6.45) is 3.32. The van der Waals surface area contributed by atoms with Gasteiger partial charge in [0.15, 0.2) is 0 Å². The van der Waals surface area contributed by atoms with Crippen LogP contribution >= 0.6 is 0 Å². The molecule has 0 saturated carbocycles. The van der Waals surface area contributed by atoms with E-state index in [0.29, 0.717) is 31.2 Å². The molecule has 7 amide bonds. The van der Waals surface area contributed by atoms with E-state index in [0.717, 1.165) is 22.0 Å². The lowest BCUT2D eigenvalue weighted by atomic mass is 9.96. The van der Waals surface area contributed by atoms with Gasteiger partial charge in [-0.3, -0.25) is 24.0 Å². The number of aryl methyl sites for hydroxylation is 1. The van der Waals surface area contributed by atoms with E-state index >= 15 is 0 Å². The molecule has 0 aliphatic carbocycles. The van der Waals surface area contributed by atoms with Gasteiger partial charge in [-0.25, -0.2) is 9.59 Å². The Kier molecular flexibility index (Phi) is 17.3. The first-order valence-electron chi connectivity index (χ1n) is 21.8. The number of phenols is 1. The molecular weight excluding hydrogens is 821 g/mol. The Balaban J connectivity index is 1.42. The Bertz CT molecular complexity index is 2250. The lowest BCUT2D eigenvalue weighted by Gasteiger charge is -2.32. The van der Waals surface area contributed by atoms with Gasteiger partial charge in [0.1, 0.15) is 42.0 Å². The van der Waals surface area contributed by atoms with Crippen LogP contribution in [0.1, 0.15) is 69.6 Å². The zero-order chi connectivity index (χ0) is 46.3. The van der Waals surface area contributed by atoms with E-state index < -0.39 is 83.7 Å². The molecule has 1 aromatic heterocycles. The number of phenolic OH excluding ortho intramolecular Hbond substituents is 1. The third-order valence-corrected chi connectivity index (χ3v) is 11.8. The number of hydrogen-bond acceptors (Lipinski definition) is 8. The van der Waals surface area contributed by atoms with E-state index in [9.17, 15) is 43.8 Å². The molecule has 1 fully saturated rings. The van der Waals surface area contributed by atoms with Crippen molar-refractivity contribution in [1.82, 2.24) is 41.8 Å². The summed E-state index contributed by atoms with van der Waals surface area (Å²) in [5.41, 5.74) is 3.03. The molecule has 1 aliphatic rings. The monoisotopic (exact) mass is 880 g/mol. The molecule has 64 heavy (non-hydrogen) atoms. The molecule has 342 valence electrons. The zero-order valence-electron chi connectivity index (χ0n) is 36.7. The maximum atomic E-state index is 14.3. The van der Waals surface area contributed by atoms with Crippen molar-refractivity contribution >= 4 is 52.4 Å². The average molecular weight is 881 g/mol. The van der Waals surface area contributed by atoms with Crippen LogP contribution in [0.5, 0.6) is 5.75 Å². The number of aliphatic carboxylic acids is 1. The Morgan fingerprint density at radius 3 is 2.22 bits per heavy atom. The minimum absolute atomic E-state index is 0.0460. The number of amides is 7. The molecule has 0 unspecified atom stereocenters. The molecule has 3 aromatic carbocycles. The minimum atomic E-state index is -1.36. The minimum Gasteiger partial charge on any atom is -0.508 e. The third-order valence-electron chi connectivity index (χ3n) is 11.8. The predicted octanol–water partition coefficient (Wildman–Crippen LogP) is 3.06. The van der Waals surface area contributed by atoms with Gasteiger partial charge in [0.25, 0.3) is 0 Å². The summed E-state index contributed by atoms with van der Waals surface area (Å²) in [5, 5.41) is 37.2. The van der Waals surface area contributed by atoms with Crippen molar-refractivity contribution in [3.8, 4) is 5.75 Å². The summed E-state index contributed by atoms with van der Waals surface area (Å²) in [4.78, 5) is 101. The van der Waals surface area contributed by atoms with Crippen LogP contribution in [-0.4, -0.2) is 111 Å². The van der Waals surface area contributed by atoms with Crippen LogP contribution in [-0.2, 0) is 48.0 Å². The number of nitrogens with zero attached hydrogens (tertiary/aromatic N) is 1. The molecule has 5 rings (SSSR count). The number of H-pyrrole nitrogens is 1. The molecule has 0 bridgehead atoms. The van der Waals surface area contributed by atoms with Crippen molar-refractivity contribution in [3.05, 3.63) is 102 Å². The van der Waals surface area contributed by atoms with Gasteiger partial charge in [0.05, 0.1) is 0 Å². The van der Waals surface area contributed by atoms with Crippen LogP contribution < -0.4 is 31.9 Å². The SMILES string of the molecule is CC[C@H](C)[C@@H]1NC(=O)[C@H](NC(=O)N[C@@H](Cc2c[nH]c3ccccc23)C(=O)O)CCCCNC(=O)[C@H](Cc2ccccc2)NC(=O)[C@H](C)N(C)C(=O)[C@H](CCc2ccc(O)cc2)NC1=O.